The smallest absolute Gasteiger partial charge is 0.0555 e. The summed E-state index contributed by atoms with van der Waals surface area (Å²) in [4.78, 5) is 4.59. The van der Waals surface area contributed by atoms with Gasteiger partial charge in [0.15, 0.2) is 0 Å². The number of thiophene rings is 2. The van der Waals surface area contributed by atoms with Crippen molar-refractivity contribution < 1.29 is 0 Å². The quantitative estimate of drug-likeness (QED) is 0.121. The summed E-state index contributed by atoms with van der Waals surface area (Å²) in [6, 6.07) is 140. The minimum Gasteiger partial charge on any atom is -0.311 e. The molecule has 0 aliphatic carbocycles. The highest BCUT2D eigenvalue weighted by Gasteiger charge is 2.21. The van der Waals surface area contributed by atoms with Gasteiger partial charge in [-0.3, -0.25) is 0 Å². The summed E-state index contributed by atoms with van der Waals surface area (Å²) in [7, 11) is 0. The molecule has 0 bridgehead atoms. The highest BCUT2D eigenvalue weighted by atomic mass is 32.1. The third kappa shape index (κ3) is 10.8. The van der Waals surface area contributed by atoms with Crippen LogP contribution in [0.25, 0.3) is 140 Å². The molecular weight excluding hydrogens is 1270 g/mol. The van der Waals surface area contributed by atoms with E-state index < -0.39 is 0 Å². The lowest BCUT2D eigenvalue weighted by atomic mass is 10.00. The summed E-state index contributed by atoms with van der Waals surface area (Å²) in [5, 5.41) is 10.5. The zero-order valence-electron chi connectivity index (χ0n) is 55.6. The maximum Gasteiger partial charge on any atom is 0.0555 e. The van der Waals surface area contributed by atoms with Crippen molar-refractivity contribution in [1.82, 2.24) is 9.13 Å². The van der Waals surface area contributed by atoms with Crippen LogP contribution in [0.1, 0.15) is 0 Å². The first-order valence-corrected chi connectivity index (χ1v) is 36.3. The molecule has 4 nitrogen and oxygen atoms in total. The van der Waals surface area contributed by atoms with Crippen LogP contribution in [0.3, 0.4) is 0 Å². The molecule has 0 spiro atoms. The Bertz CT molecular complexity index is 6360. The number of para-hydroxylation sites is 6. The molecule has 102 heavy (non-hydrogen) atoms. The number of hydrogen-bond acceptors (Lipinski definition) is 4. The van der Waals surface area contributed by atoms with Gasteiger partial charge in [-0.05, 0) is 184 Å². The Kier molecular flexibility index (Phi) is 15.3. The van der Waals surface area contributed by atoms with E-state index in [-0.39, 0.29) is 0 Å². The molecule has 0 fully saturated rings. The Balaban J connectivity index is 0.000000141. The number of rotatable bonds is 12. The molecule has 0 atom stereocenters. The number of fused-ring (bicyclic) bond motifs is 13. The fourth-order valence-electron chi connectivity index (χ4n) is 15.2. The van der Waals surface area contributed by atoms with Crippen LogP contribution < -0.4 is 9.80 Å². The highest BCUT2D eigenvalue weighted by Crippen LogP contribution is 2.46. The first-order chi connectivity index (χ1) is 50.6. The molecule has 480 valence electrons. The molecule has 6 heteroatoms. The first kappa shape index (κ1) is 60.3. The molecule has 0 amide bonds. The van der Waals surface area contributed by atoms with Gasteiger partial charge in [0.05, 0.1) is 22.1 Å². The molecule has 0 unspecified atom stereocenters. The average Bonchev–Trinajstić information content (AvgIpc) is 1.57. The molecular formula is C96H64N4S2. The number of nitrogens with zero attached hydrogens (tertiary/aromatic N) is 4. The molecule has 0 aliphatic rings. The van der Waals surface area contributed by atoms with Crippen LogP contribution in [-0.4, -0.2) is 9.13 Å². The van der Waals surface area contributed by atoms with Gasteiger partial charge < -0.3 is 18.9 Å². The van der Waals surface area contributed by atoms with E-state index >= 15 is 0 Å². The maximum atomic E-state index is 2.42. The number of aromatic nitrogens is 2. The first-order valence-electron chi connectivity index (χ1n) is 34.7. The van der Waals surface area contributed by atoms with Gasteiger partial charge in [-0.25, -0.2) is 0 Å². The van der Waals surface area contributed by atoms with Crippen LogP contribution in [0.15, 0.2) is 388 Å². The normalized spacial score (nSPS) is 11.5. The summed E-state index contributed by atoms with van der Waals surface area (Å²) in [6.07, 6.45) is 0. The van der Waals surface area contributed by atoms with Crippen molar-refractivity contribution in [2.75, 3.05) is 9.80 Å². The van der Waals surface area contributed by atoms with Gasteiger partial charge in [0.1, 0.15) is 0 Å². The van der Waals surface area contributed by atoms with Crippen molar-refractivity contribution in [3.63, 3.8) is 0 Å². The van der Waals surface area contributed by atoms with E-state index in [1.165, 1.54) is 134 Å². The lowest BCUT2D eigenvalue weighted by molar-refractivity contribution is 1.18. The zero-order chi connectivity index (χ0) is 67.5. The second kappa shape index (κ2) is 25.8. The summed E-state index contributed by atoms with van der Waals surface area (Å²) in [5.41, 5.74) is 23.7. The van der Waals surface area contributed by atoms with Gasteiger partial charge in [-0.15, -0.1) is 22.7 Å². The van der Waals surface area contributed by atoms with Crippen LogP contribution in [-0.2, 0) is 0 Å². The fraction of sp³-hybridized carbons (Fsp3) is 0. The minimum atomic E-state index is 1.13. The van der Waals surface area contributed by atoms with Gasteiger partial charge in [-0.1, -0.05) is 249 Å². The molecule has 4 aromatic heterocycles. The Morgan fingerprint density at radius 3 is 1.00 bits per heavy atom. The predicted octanol–water partition coefficient (Wildman–Crippen LogP) is 27.9. The molecule has 16 aromatic carbocycles. The molecule has 0 radical (unpaired) electrons. The lowest BCUT2D eigenvalue weighted by Crippen LogP contribution is -2.09. The van der Waals surface area contributed by atoms with Crippen molar-refractivity contribution in [2.24, 2.45) is 0 Å². The Hall–Kier alpha value is -12.8. The van der Waals surface area contributed by atoms with E-state index in [0.29, 0.717) is 0 Å². The van der Waals surface area contributed by atoms with Crippen molar-refractivity contribution >= 4 is 141 Å². The third-order valence-corrected chi connectivity index (χ3v) is 22.4. The van der Waals surface area contributed by atoms with E-state index in [9.17, 15) is 0 Å². The van der Waals surface area contributed by atoms with Gasteiger partial charge >= 0.3 is 0 Å². The summed E-state index contributed by atoms with van der Waals surface area (Å²) < 4.78 is 10.2. The minimum absolute atomic E-state index is 1.13. The molecule has 0 saturated carbocycles. The van der Waals surface area contributed by atoms with Crippen LogP contribution in [0.4, 0.5) is 34.1 Å². The van der Waals surface area contributed by atoms with Crippen molar-refractivity contribution in [2.45, 2.75) is 0 Å². The van der Waals surface area contributed by atoms with Crippen molar-refractivity contribution in [3.05, 3.63) is 388 Å². The standard InChI is InChI=1S/2C48H32N2S/c1-3-12-36(13-4-1)49(37-14-5-2-6-15-37)38-27-22-33(23-28-38)34-24-29-39(30-25-34)50-45-20-9-7-16-41(45)44-32-35(26-31-46(44)50)40-18-11-19-43-42-17-8-10-21-47(42)51-48(40)43;1-3-11-37(12-4-1)49(38-13-5-2-6-14-38)39-27-23-35(24-28-39)33-19-21-34(22-20-33)36-25-29-40(30-26-36)50-44-17-9-7-16-43(44)47-45(50)32-31-42-41-15-8-10-18-46(41)51-48(42)47/h2*1-32H. The van der Waals surface area contributed by atoms with Crippen molar-refractivity contribution in [3.8, 4) is 55.9 Å². The largest absolute Gasteiger partial charge is 0.311 e. The zero-order valence-corrected chi connectivity index (χ0v) is 57.2. The third-order valence-electron chi connectivity index (χ3n) is 20.0. The van der Waals surface area contributed by atoms with E-state index in [1.807, 2.05) is 22.7 Å². The molecule has 4 heterocycles. The molecule has 20 rings (SSSR count). The van der Waals surface area contributed by atoms with Gasteiger partial charge in [0.25, 0.3) is 0 Å². The highest BCUT2D eigenvalue weighted by molar-refractivity contribution is 7.27. The van der Waals surface area contributed by atoms with Gasteiger partial charge in [0.2, 0.25) is 0 Å². The van der Waals surface area contributed by atoms with Crippen LogP contribution in [0, 0.1) is 0 Å². The average molecular weight is 1340 g/mol. The lowest BCUT2D eigenvalue weighted by Gasteiger charge is -2.25. The predicted molar refractivity (Wildman–Crippen MR) is 438 cm³/mol. The van der Waals surface area contributed by atoms with Gasteiger partial charge in [0, 0.05) is 107 Å². The van der Waals surface area contributed by atoms with Crippen LogP contribution in [0.2, 0.25) is 0 Å². The van der Waals surface area contributed by atoms with Gasteiger partial charge in [-0.2, -0.15) is 0 Å². The number of anilines is 6. The van der Waals surface area contributed by atoms with E-state index in [4.69, 9.17) is 0 Å². The SMILES string of the molecule is c1ccc(N(c2ccccc2)c2ccc(-c3ccc(-c4ccc(-n5c6ccccc6c6c7sc8ccccc8c7ccc65)cc4)cc3)cc2)cc1.c1ccc(N(c2ccccc2)c2ccc(-c3ccc(-n4c5ccccc5c5cc(-c6cccc7c6sc6ccccc67)ccc54)cc3)cc2)cc1. The fourth-order valence-corrected chi connectivity index (χ4v) is 17.7. The van der Waals surface area contributed by atoms with Crippen LogP contribution >= 0.6 is 22.7 Å². The molecule has 0 saturated heterocycles. The number of hydrogen-bond donors (Lipinski definition) is 0. The second-order valence-electron chi connectivity index (χ2n) is 25.9. The topological polar surface area (TPSA) is 16.3 Å². The molecule has 0 N–H and O–H groups in total. The van der Waals surface area contributed by atoms with E-state index in [1.54, 1.807) is 0 Å². The Morgan fingerprint density at radius 2 is 0.520 bits per heavy atom. The summed E-state index contributed by atoms with van der Waals surface area (Å²) in [5.74, 6) is 0. The Morgan fingerprint density at radius 1 is 0.196 bits per heavy atom. The monoisotopic (exact) mass is 1340 g/mol. The van der Waals surface area contributed by atoms with Crippen LogP contribution in [0.5, 0.6) is 0 Å². The summed E-state index contributed by atoms with van der Waals surface area (Å²) >= 11 is 3.78. The second-order valence-corrected chi connectivity index (χ2v) is 28.0. The maximum absolute atomic E-state index is 2.42. The number of benzene rings is 16. The molecule has 20 aromatic rings. The van der Waals surface area contributed by atoms with E-state index in [0.717, 1.165) is 39.8 Å². The summed E-state index contributed by atoms with van der Waals surface area (Å²) in [6.45, 7) is 0. The Labute approximate surface area is 599 Å². The van der Waals surface area contributed by atoms with Crippen molar-refractivity contribution in [1.29, 1.82) is 0 Å². The molecule has 0 aliphatic heterocycles. The van der Waals surface area contributed by atoms with E-state index in [2.05, 4.69) is 407 Å².